The molecule has 3 saturated carbocycles. The average molecular weight is 561 g/mol. The Bertz CT molecular complexity index is 921. The molecule has 0 aromatic heterocycles. The van der Waals surface area contributed by atoms with Gasteiger partial charge < -0.3 is 24.8 Å². The largest absolute Gasteiger partial charge is 0.394 e. The number of ether oxygens (including phenoxy) is 2. The van der Waals surface area contributed by atoms with Crippen LogP contribution in [-0.4, -0.2) is 52.1 Å². The molecule has 1 heterocycles. The van der Waals surface area contributed by atoms with Crippen molar-refractivity contribution in [2.75, 3.05) is 6.61 Å². The predicted octanol–water partition coefficient (Wildman–Crippen LogP) is 7.02. The highest BCUT2D eigenvalue weighted by molar-refractivity contribution is 5.29. The Morgan fingerprint density at radius 3 is 2.45 bits per heavy atom. The summed E-state index contributed by atoms with van der Waals surface area (Å²) in [6.45, 7) is 16.3. The number of aliphatic hydroxyl groups excluding tert-OH is 2. The fourth-order valence-electron chi connectivity index (χ4n) is 10.8. The molecule has 1 aliphatic heterocycles. The van der Waals surface area contributed by atoms with Gasteiger partial charge in [0.25, 0.3) is 0 Å². The second-order valence-corrected chi connectivity index (χ2v) is 16.5. The number of aliphatic hydroxyl groups is 3. The van der Waals surface area contributed by atoms with Crippen LogP contribution in [0.25, 0.3) is 0 Å². The Hall–Kier alpha value is -0.460. The molecule has 5 rings (SSSR count). The van der Waals surface area contributed by atoms with E-state index in [-0.39, 0.29) is 24.2 Å². The normalized spacial score (nSPS) is 45.7. The average Bonchev–Trinajstić information content (AvgIpc) is 3.21. The van der Waals surface area contributed by atoms with Crippen LogP contribution in [0, 0.1) is 45.8 Å². The molecule has 0 bridgehead atoms. The molecule has 4 aliphatic carbocycles. The van der Waals surface area contributed by atoms with E-state index in [0.717, 1.165) is 42.9 Å². The second-order valence-electron chi connectivity index (χ2n) is 16.5. The molecule has 3 N–H and O–H groups in total. The van der Waals surface area contributed by atoms with Crippen LogP contribution >= 0.6 is 0 Å². The van der Waals surface area contributed by atoms with Gasteiger partial charge in [-0.3, -0.25) is 0 Å². The van der Waals surface area contributed by atoms with E-state index in [1.54, 1.807) is 5.57 Å². The predicted molar refractivity (Wildman–Crippen MR) is 160 cm³/mol. The highest BCUT2D eigenvalue weighted by Gasteiger charge is 2.62. The minimum atomic E-state index is -0.551. The first-order chi connectivity index (χ1) is 18.7. The second kappa shape index (κ2) is 11.2. The van der Waals surface area contributed by atoms with Crippen LogP contribution in [0.5, 0.6) is 0 Å². The van der Waals surface area contributed by atoms with Crippen molar-refractivity contribution in [3.05, 3.63) is 11.6 Å². The lowest BCUT2D eigenvalue weighted by Crippen LogP contribution is -2.56. The first kappa shape index (κ1) is 31.0. The molecule has 5 nitrogen and oxygen atoms in total. The molecule has 11 atom stereocenters. The van der Waals surface area contributed by atoms with Gasteiger partial charge in [0.2, 0.25) is 0 Å². The lowest BCUT2D eigenvalue weighted by Gasteiger charge is -2.62. The third-order valence-corrected chi connectivity index (χ3v) is 13.0. The third kappa shape index (κ3) is 5.61. The summed E-state index contributed by atoms with van der Waals surface area (Å²) in [5.74, 6) is 3.74. The van der Waals surface area contributed by atoms with Crippen molar-refractivity contribution in [1.29, 1.82) is 0 Å². The Balaban J connectivity index is 1.29. The van der Waals surface area contributed by atoms with Crippen molar-refractivity contribution in [2.45, 2.75) is 156 Å². The van der Waals surface area contributed by atoms with Gasteiger partial charge in [-0.2, -0.15) is 0 Å². The zero-order valence-corrected chi connectivity index (χ0v) is 26.6. The molecule has 5 heteroatoms. The van der Waals surface area contributed by atoms with Crippen LogP contribution < -0.4 is 0 Å². The van der Waals surface area contributed by atoms with Crippen molar-refractivity contribution < 1.29 is 24.8 Å². The van der Waals surface area contributed by atoms with Gasteiger partial charge in [-0.05, 0) is 106 Å². The number of hydrogen-bond acceptors (Lipinski definition) is 5. The van der Waals surface area contributed by atoms with Crippen LogP contribution in [0.3, 0.4) is 0 Å². The van der Waals surface area contributed by atoms with Crippen LogP contribution in [0.2, 0.25) is 0 Å². The third-order valence-electron chi connectivity index (χ3n) is 13.0. The highest BCUT2D eigenvalue weighted by Crippen LogP contribution is 2.70. The van der Waals surface area contributed by atoms with Crippen molar-refractivity contribution in [3.63, 3.8) is 0 Å². The maximum absolute atomic E-state index is 10.3. The molecule has 1 saturated heterocycles. The van der Waals surface area contributed by atoms with Crippen molar-refractivity contribution in [1.82, 2.24) is 0 Å². The lowest BCUT2D eigenvalue weighted by molar-refractivity contribution is -0.255. The van der Waals surface area contributed by atoms with E-state index in [9.17, 15) is 15.3 Å². The Morgan fingerprint density at radius 1 is 1.02 bits per heavy atom. The summed E-state index contributed by atoms with van der Waals surface area (Å²) in [5, 5.41) is 30.2. The summed E-state index contributed by atoms with van der Waals surface area (Å²) in [5.41, 5.74) is 1.79. The maximum atomic E-state index is 10.3. The van der Waals surface area contributed by atoms with Crippen LogP contribution in [-0.2, 0) is 9.47 Å². The van der Waals surface area contributed by atoms with Gasteiger partial charge in [0.15, 0.2) is 6.29 Å². The van der Waals surface area contributed by atoms with Gasteiger partial charge in [-0.25, -0.2) is 0 Å². The first-order valence-electron chi connectivity index (χ1n) is 16.7. The van der Waals surface area contributed by atoms with Gasteiger partial charge in [0.05, 0.1) is 30.5 Å². The Kier molecular flexibility index (Phi) is 8.70. The number of hydrogen-bond donors (Lipinski definition) is 3. The molecule has 5 aliphatic rings. The fourth-order valence-corrected chi connectivity index (χ4v) is 10.8. The van der Waals surface area contributed by atoms with Gasteiger partial charge in [0, 0.05) is 18.3 Å². The zero-order chi connectivity index (χ0) is 29.1. The fraction of sp³-hybridized carbons (Fsp3) is 0.943. The summed E-state index contributed by atoms with van der Waals surface area (Å²) in [6, 6.07) is 0. The van der Waals surface area contributed by atoms with Gasteiger partial charge in [-0.1, -0.05) is 59.1 Å². The number of rotatable bonds is 8. The standard InChI is InChI=1S/C35H60O5/c1-22(9-8-16-32(2,3)38)25-10-12-28-29-13-11-26-27(35(29,7)18-17-34(25,28)6)14-15-30(33(26,4)5)40-31-20-23(37)19-24(21-36)39-31/h11,22-25,27-31,36-38H,8-10,12-21H2,1-7H3/t22-,23+,24+,25?,27?,28?,29?,30+,31+,34-,35+/m1/s1. The smallest absolute Gasteiger partial charge is 0.160 e. The van der Waals surface area contributed by atoms with Crippen molar-refractivity contribution in [2.24, 2.45) is 45.8 Å². The van der Waals surface area contributed by atoms with Crippen LogP contribution in [0.1, 0.15) is 126 Å². The van der Waals surface area contributed by atoms with E-state index in [1.807, 2.05) is 13.8 Å². The summed E-state index contributed by atoms with van der Waals surface area (Å²) >= 11 is 0. The molecule has 0 amide bonds. The summed E-state index contributed by atoms with van der Waals surface area (Å²) in [6.07, 6.45) is 14.5. The van der Waals surface area contributed by atoms with Gasteiger partial charge in [0.1, 0.15) is 0 Å². The molecule has 0 aromatic carbocycles. The van der Waals surface area contributed by atoms with Crippen molar-refractivity contribution in [3.8, 4) is 0 Å². The molecule has 230 valence electrons. The van der Waals surface area contributed by atoms with Crippen LogP contribution in [0.15, 0.2) is 11.6 Å². The quantitative estimate of drug-likeness (QED) is 0.278. The summed E-state index contributed by atoms with van der Waals surface area (Å²) < 4.78 is 12.6. The van der Waals surface area contributed by atoms with Crippen LogP contribution in [0.4, 0.5) is 0 Å². The lowest BCUT2D eigenvalue weighted by atomic mass is 9.43. The topological polar surface area (TPSA) is 79.2 Å². The summed E-state index contributed by atoms with van der Waals surface area (Å²) in [7, 11) is 0. The number of allylic oxidation sites excluding steroid dienone is 1. The van der Waals surface area contributed by atoms with Crippen molar-refractivity contribution >= 4 is 0 Å². The molecule has 0 spiro atoms. The van der Waals surface area contributed by atoms with Gasteiger partial charge in [-0.15, -0.1) is 0 Å². The Labute approximate surface area is 244 Å². The molecule has 0 aromatic rings. The maximum Gasteiger partial charge on any atom is 0.160 e. The first-order valence-corrected chi connectivity index (χ1v) is 16.7. The van der Waals surface area contributed by atoms with E-state index in [0.29, 0.717) is 29.6 Å². The molecular weight excluding hydrogens is 500 g/mol. The molecule has 0 radical (unpaired) electrons. The van der Waals surface area contributed by atoms with E-state index < -0.39 is 18.0 Å². The molecule has 4 unspecified atom stereocenters. The Morgan fingerprint density at radius 2 is 1.75 bits per heavy atom. The molecule has 40 heavy (non-hydrogen) atoms. The number of fused-ring (bicyclic) bond motifs is 5. The van der Waals surface area contributed by atoms with E-state index in [1.165, 1.54) is 44.9 Å². The van der Waals surface area contributed by atoms with E-state index in [4.69, 9.17) is 9.47 Å². The van der Waals surface area contributed by atoms with Gasteiger partial charge >= 0.3 is 0 Å². The van der Waals surface area contributed by atoms with E-state index >= 15 is 0 Å². The zero-order valence-electron chi connectivity index (χ0n) is 26.6. The molecular formula is C35H60O5. The van der Waals surface area contributed by atoms with E-state index in [2.05, 4.69) is 40.7 Å². The minimum Gasteiger partial charge on any atom is -0.394 e. The monoisotopic (exact) mass is 560 g/mol. The SMILES string of the molecule is C[C@H](CCCC(C)(C)O)C1CCC2C3CC=C4C(CC[C@H](O[C@H]5C[C@@H](O)C[C@@H](CO)O5)C4(C)C)[C@]3(C)CC[C@@]21C. The highest BCUT2D eigenvalue weighted by atomic mass is 16.7. The molecule has 4 fully saturated rings. The minimum absolute atomic E-state index is 0.0642. The summed E-state index contributed by atoms with van der Waals surface area (Å²) in [4.78, 5) is 0.